The molecule has 0 unspecified atom stereocenters. The first-order valence-electron chi connectivity index (χ1n) is 5.94. The van der Waals surface area contributed by atoms with Crippen LogP contribution in [-0.4, -0.2) is 13.4 Å². The van der Waals surface area contributed by atoms with E-state index in [1.54, 1.807) is 24.3 Å². The van der Waals surface area contributed by atoms with Crippen LogP contribution >= 0.6 is 31.9 Å². The van der Waals surface area contributed by atoms with Crippen LogP contribution in [0.3, 0.4) is 0 Å². The number of hydrogen-bond acceptors (Lipinski definition) is 3. The molecular weight excluding hydrogens is 407 g/mol. The van der Waals surface area contributed by atoms with Gasteiger partial charge < -0.3 is 9.47 Å². The number of ether oxygens (including phenoxy) is 2. The Morgan fingerprint density at radius 2 is 2.00 bits per heavy atom. The first-order valence-corrected chi connectivity index (χ1v) is 7.53. The van der Waals surface area contributed by atoms with Crippen LogP contribution in [0, 0.1) is 5.82 Å². The number of benzene rings is 2. The number of rotatable bonds is 5. The maximum absolute atomic E-state index is 13.7. The largest absolute Gasteiger partial charge is 0.493 e. The maximum Gasteiger partial charge on any atom is 0.175 e. The molecule has 0 aliphatic carbocycles. The fourth-order valence-corrected chi connectivity index (χ4v) is 2.73. The Morgan fingerprint density at radius 3 is 2.67 bits per heavy atom. The predicted octanol–water partition coefficient (Wildman–Crippen LogP) is 4.75. The smallest absolute Gasteiger partial charge is 0.175 e. The zero-order chi connectivity index (χ0) is 15.4. The van der Waals surface area contributed by atoms with E-state index in [0.29, 0.717) is 33.4 Å². The van der Waals surface area contributed by atoms with Crippen LogP contribution in [0.1, 0.15) is 15.9 Å². The molecule has 0 bridgehead atoms. The fraction of sp³-hybridized carbons (Fsp3) is 0.133. The van der Waals surface area contributed by atoms with Crippen LogP contribution in [0.25, 0.3) is 0 Å². The monoisotopic (exact) mass is 416 g/mol. The molecule has 2 aromatic rings. The molecule has 0 aliphatic rings. The molecule has 0 fully saturated rings. The number of carbonyl (C=O) groups is 1. The lowest BCUT2D eigenvalue weighted by atomic mass is 10.2. The molecule has 21 heavy (non-hydrogen) atoms. The Labute approximate surface area is 138 Å². The van der Waals surface area contributed by atoms with Crippen molar-refractivity contribution in [2.24, 2.45) is 0 Å². The van der Waals surface area contributed by atoms with E-state index in [2.05, 4.69) is 31.9 Å². The molecule has 110 valence electrons. The Balaban J connectivity index is 2.27. The molecule has 0 spiro atoms. The Hall–Kier alpha value is -1.40. The van der Waals surface area contributed by atoms with E-state index in [1.807, 2.05) is 0 Å². The summed E-state index contributed by atoms with van der Waals surface area (Å²) in [4.78, 5) is 10.8. The second kappa shape index (κ2) is 7.04. The number of aldehydes is 1. The topological polar surface area (TPSA) is 35.5 Å². The Kier molecular flexibility index (Phi) is 5.36. The molecule has 2 rings (SSSR count). The quantitative estimate of drug-likeness (QED) is 0.658. The van der Waals surface area contributed by atoms with Gasteiger partial charge >= 0.3 is 0 Å². The summed E-state index contributed by atoms with van der Waals surface area (Å²) in [7, 11) is 1.48. The summed E-state index contributed by atoms with van der Waals surface area (Å²) in [6.07, 6.45) is 0.713. The normalized spacial score (nSPS) is 10.3. The number of methoxy groups -OCH3 is 1. The molecular formula is C15H11Br2FO3. The molecule has 2 aromatic carbocycles. The summed E-state index contributed by atoms with van der Waals surface area (Å²) < 4.78 is 25.8. The van der Waals surface area contributed by atoms with Crippen molar-refractivity contribution < 1.29 is 18.7 Å². The summed E-state index contributed by atoms with van der Waals surface area (Å²) in [6, 6.07) is 7.81. The summed E-state index contributed by atoms with van der Waals surface area (Å²) in [5.41, 5.74) is 0.873. The van der Waals surface area contributed by atoms with E-state index in [4.69, 9.17) is 9.47 Å². The molecule has 0 N–H and O–H groups in total. The van der Waals surface area contributed by atoms with E-state index in [-0.39, 0.29) is 12.4 Å². The molecule has 0 amide bonds. The second-order valence-corrected chi connectivity index (χ2v) is 5.95. The van der Waals surface area contributed by atoms with Gasteiger partial charge in [-0.1, -0.05) is 15.9 Å². The zero-order valence-electron chi connectivity index (χ0n) is 11.0. The van der Waals surface area contributed by atoms with Gasteiger partial charge in [0.15, 0.2) is 11.5 Å². The van der Waals surface area contributed by atoms with Crippen molar-refractivity contribution in [2.45, 2.75) is 6.61 Å². The van der Waals surface area contributed by atoms with Gasteiger partial charge in [0.05, 0.1) is 11.6 Å². The van der Waals surface area contributed by atoms with E-state index in [1.165, 1.54) is 13.2 Å². The van der Waals surface area contributed by atoms with E-state index in [0.717, 1.165) is 4.47 Å². The summed E-state index contributed by atoms with van der Waals surface area (Å²) in [6.45, 7) is 0.0423. The lowest BCUT2D eigenvalue weighted by molar-refractivity contribution is 0.112. The third-order valence-electron chi connectivity index (χ3n) is 2.77. The summed E-state index contributed by atoms with van der Waals surface area (Å²) in [5.74, 6) is 0.474. The maximum atomic E-state index is 13.7. The van der Waals surface area contributed by atoms with Crippen molar-refractivity contribution in [3.8, 4) is 11.5 Å². The van der Waals surface area contributed by atoms with Gasteiger partial charge in [0, 0.05) is 15.6 Å². The van der Waals surface area contributed by atoms with Crippen molar-refractivity contribution in [2.75, 3.05) is 7.11 Å². The molecule has 0 atom stereocenters. The minimum atomic E-state index is -0.349. The first kappa shape index (κ1) is 16.0. The van der Waals surface area contributed by atoms with Gasteiger partial charge in [-0.15, -0.1) is 0 Å². The highest BCUT2D eigenvalue weighted by Gasteiger charge is 2.13. The lowest BCUT2D eigenvalue weighted by Crippen LogP contribution is -2.01. The SMILES string of the molecule is COc1cc(C=O)cc(Br)c1OCc1cc(Br)ccc1F. The minimum absolute atomic E-state index is 0.0423. The molecule has 0 heterocycles. The van der Waals surface area contributed by atoms with E-state index < -0.39 is 0 Å². The fourth-order valence-electron chi connectivity index (χ4n) is 1.75. The average Bonchev–Trinajstić information content (AvgIpc) is 2.48. The van der Waals surface area contributed by atoms with Crippen LogP contribution in [-0.2, 0) is 6.61 Å². The van der Waals surface area contributed by atoms with Gasteiger partial charge in [-0.3, -0.25) is 4.79 Å². The van der Waals surface area contributed by atoms with Gasteiger partial charge in [-0.25, -0.2) is 4.39 Å². The van der Waals surface area contributed by atoms with Gasteiger partial charge in [0.25, 0.3) is 0 Å². The molecule has 3 nitrogen and oxygen atoms in total. The van der Waals surface area contributed by atoms with Crippen molar-refractivity contribution >= 4 is 38.1 Å². The Morgan fingerprint density at radius 1 is 1.24 bits per heavy atom. The molecule has 0 saturated heterocycles. The third-order valence-corrected chi connectivity index (χ3v) is 3.85. The van der Waals surface area contributed by atoms with Crippen molar-refractivity contribution in [3.05, 3.63) is 56.2 Å². The highest BCUT2D eigenvalue weighted by molar-refractivity contribution is 9.10. The highest BCUT2D eigenvalue weighted by Crippen LogP contribution is 2.37. The van der Waals surface area contributed by atoms with E-state index >= 15 is 0 Å². The van der Waals surface area contributed by atoms with Crippen LogP contribution in [0.2, 0.25) is 0 Å². The van der Waals surface area contributed by atoms with Crippen molar-refractivity contribution in [1.29, 1.82) is 0 Å². The summed E-state index contributed by atoms with van der Waals surface area (Å²) >= 11 is 6.61. The van der Waals surface area contributed by atoms with Gasteiger partial charge in [-0.05, 0) is 46.3 Å². The number of halogens is 3. The minimum Gasteiger partial charge on any atom is -0.493 e. The lowest BCUT2D eigenvalue weighted by Gasteiger charge is -2.13. The summed E-state index contributed by atoms with van der Waals surface area (Å²) in [5, 5.41) is 0. The number of carbonyl (C=O) groups excluding carboxylic acids is 1. The Bertz CT molecular complexity index is 674. The van der Waals surface area contributed by atoms with Gasteiger partial charge in [-0.2, -0.15) is 0 Å². The second-order valence-electron chi connectivity index (χ2n) is 4.18. The molecule has 0 aliphatic heterocycles. The van der Waals surface area contributed by atoms with Crippen molar-refractivity contribution in [1.82, 2.24) is 0 Å². The molecule has 0 radical (unpaired) electrons. The van der Waals surface area contributed by atoms with Gasteiger partial charge in [0.1, 0.15) is 18.7 Å². The average molecular weight is 418 g/mol. The first-order chi connectivity index (χ1) is 10.0. The van der Waals surface area contributed by atoms with Crippen LogP contribution < -0.4 is 9.47 Å². The molecule has 6 heteroatoms. The van der Waals surface area contributed by atoms with Gasteiger partial charge in [0.2, 0.25) is 0 Å². The molecule has 0 aromatic heterocycles. The predicted molar refractivity (Wildman–Crippen MR) is 84.5 cm³/mol. The van der Waals surface area contributed by atoms with Crippen LogP contribution in [0.15, 0.2) is 39.3 Å². The highest BCUT2D eigenvalue weighted by atomic mass is 79.9. The number of hydrogen-bond donors (Lipinski definition) is 0. The van der Waals surface area contributed by atoms with Crippen LogP contribution in [0.5, 0.6) is 11.5 Å². The molecule has 0 saturated carbocycles. The van der Waals surface area contributed by atoms with E-state index in [9.17, 15) is 9.18 Å². The third kappa shape index (κ3) is 3.83. The van der Waals surface area contributed by atoms with Crippen LogP contribution in [0.4, 0.5) is 4.39 Å². The zero-order valence-corrected chi connectivity index (χ0v) is 14.2. The standard InChI is InChI=1S/C15H11Br2FO3/c1-20-14-5-9(7-19)4-12(17)15(14)21-8-10-6-11(16)2-3-13(10)18/h2-7H,8H2,1H3. The van der Waals surface area contributed by atoms with Crippen molar-refractivity contribution in [3.63, 3.8) is 0 Å².